The number of hydrogen-bond donors (Lipinski definition) is 0. The summed E-state index contributed by atoms with van der Waals surface area (Å²) >= 11 is 6.03. The van der Waals surface area contributed by atoms with Crippen molar-refractivity contribution in [3.8, 4) is 11.6 Å². The molecule has 30 heavy (non-hydrogen) atoms. The topological polar surface area (TPSA) is 93.5 Å². The Morgan fingerprint density at radius 1 is 1.07 bits per heavy atom. The van der Waals surface area contributed by atoms with Crippen molar-refractivity contribution < 1.29 is 13.2 Å². The Morgan fingerprint density at radius 3 is 2.47 bits per heavy atom. The standard InChI is InChI=1S/C19H21ClN6O3S/c1-14-22-18(13-19(23-14)26-7-3-6-21-26)24-8-10-25(11-9-24)30(27,28)17-12-15(20)4-5-16(17)29-2/h3-7,12-13H,8-11H2,1-2H3. The van der Waals surface area contributed by atoms with E-state index in [-0.39, 0.29) is 10.6 Å². The molecule has 1 fully saturated rings. The summed E-state index contributed by atoms with van der Waals surface area (Å²) in [6.07, 6.45) is 3.50. The molecule has 9 nitrogen and oxygen atoms in total. The summed E-state index contributed by atoms with van der Waals surface area (Å²) in [4.78, 5) is 11.1. The molecule has 1 saturated heterocycles. The third-order valence-electron chi connectivity index (χ3n) is 4.86. The van der Waals surface area contributed by atoms with Crippen LogP contribution in [-0.4, -0.2) is 65.8 Å². The maximum Gasteiger partial charge on any atom is 0.246 e. The number of ether oxygens (including phenoxy) is 1. The van der Waals surface area contributed by atoms with Crippen LogP contribution in [0.2, 0.25) is 5.02 Å². The van der Waals surface area contributed by atoms with E-state index in [0.29, 0.717) is 42.8 Å². The van der Waals surface area contributed by atoms with Gasteiger partial charge in [-0.3, -0.25) is 0 Å². The van der Waals surface area contributed by atoms with Crippen LogP contribution in [0.4, 0.5) is 5.82 Å². The molecule has 1 aromatic carbocycles. The fourth-order valence-electron chi connectivity index (χ4n) is 3.37. The molecule has 0 saturated carbocycles. The second-order valence-electron chi connectivity index (χ2n) is 6.77. The molecule has 0 N–H and O–H groups in total. The zero-order chi connectivity index (χ0) is 21.3. The van der Waals surface area contributed by atoms with Gasteiger partial charge in [0.05, 0.1) is 7.11 Å². The molecule has 11 heteroatoms. The highest BCUT2D eigenvalue weighted by molar-refractivity contribution is 7.89. The third kappa shape index (κ3) is 3.98. The second kappa shape index (κ2) is 8.21. The van der Waals surface area contributed by atoms with Gasteiger partial charge in [0.2, 0.25) is 10.0 Å². The number of methoxy groups -OCH3 is 1. The van der Waals surface area contributed by atoms with Crippen LogP contribution in [-0.2, 0) is 10.0 Å². The third-order valence-corrected chi connectivity index (χ3v) is 7.01. The Kier molecular flexibility index (Phi) is 5.63. The molecule has 2 aromatic heterocycles. The first-order valence-electron chi connectivity index (χ1n) is 9.33. The van der Waals surface area contributed by atoms with E-state index < -0.39 is 10.0 Å². The van der Waals surface area contributed by atoms with E-state index in [1.54, 1.807) is 23.0 Å². The Labute approximate surface area is 179 Å². The molecule has 0 unspecified atom stereocenters. The zero-order valence-corrected chi connectivity index (χ0v) is 18.1. The number of sulfonamides is 1. The molecule has 0 aliphatic carbocycles. The van der Waals surface area contributed by atoms with Gasteiger partial charge >= 0.3 is 0 Å². The molecule has 0 bridgehead atoms. The van der Waals surface area contributed by atoms with Crippen molar-refractivity contribution in [1.29, 1.82) is 0 Å². The minimum Gasteiger partial charge on any atom is -0.495 e. The van der Waals surface area contributed by atoms with Crippen molar-refractivity contribution in [2.24, 2.45) is 0 Å². The number of rotatable bonds is 5. The molecule has 0 spiro atoms. The molecular weight excluding hydrogens is 428 g/mol. The Balaban J connectivity index is 1.54. The van der Waals surface area contributed by atoms with Crippen molar-refractivity contribution >= 4 is 27.4 Å². The molecule has 0 atom stereocenters. The number of nitrogens with zero attached hydrogens (tertiary/aromatic N) is 6. The van der Waals surface area contributed by atoms with Crippen LogP contribution in [0.3, 0.4) is 0 Å². The van der Waals surface area contributed by atoms with Crippen LogP contribution in [0.25, 0.3) is 5.82 Å². The fraction of sp³-hybridized carbons (Fsp3) is 0.316. The lowest BCUT2D eigenvalue weighted by molar-refractivity contribution is 0.373. The summed E-state index contributed by atoms with van der Waals surface area (Å²) in [6.45, 7) is 3.45. The van der Waals surface area contributed by atoms with Crippen LogP contribution >= 0.6 is 11.6 Å². The molecule has 0 amide bonds. The van der Waals surface area contributed by atoms with E-state index in [2.05, 4.69) is 15.1 Å². The largest absolute Gasteiger partial charge is 0.495 e. The first kappa shape index (κ1) is 20.6. The van der Waals surface area contributed by atoms with Gasteiger partial charge in [-0.15, -0.1) is 0 Å². The molecule has 4 rings (SSSR count). The van der Waals surface area contributed by atoms with Gasteiger partial charge in [-0.25, -0.2) is 23.1 Å². The molecule has 3 aromatic rings. The molecule has 158 valence electrons. The van der Waals surface area contributed by atoms with E-state index in [0.717, 1.165) is 5.82 Å². The molecular formula is C19H21ClN6O3S. The van der Waals surface area contributed by atoms with Gasteiger partial charge in [-0.1, -0.05) is 11.6 Å². The summed E-state index contributed by atoms with van der Waals surface area (Å²) in [5, 5.41) is 4.56. The van der Waals surface area contributed by atoms with Gasteiger partial charge in [0.15, 0.2) is 5.82 Å². The fourth-order valence-corrected chi connectivity index (χ4v) is 5.21. The van der Waals surface area contributed by atoms with E-state index in [1.165, 1.54) is 17.5 Å². The van der Waals surface area contributed by atoms with Crippen LogP contribution in [0.15, 0.2) is 47.6 Å². The minimum atomic E-state index is -3.73. The maximum atomic E-state index is 13.2. The number of aryl methyl sites for hydroxylation is 1. The summed E-state index contributed by atoms with van der Waals surface area (Å²) in [5.41, 5.74) is 0. The van der Waals surface area contributed by atoms with E-state index in [9.17, 15) is 8.42 Å². The lowest BCUT2D eigenvalue weighted by Crippen LogP contribution is -2.49. The number of anilines is 1. The van der Waals surface area contributed by atoms with Crippen LogP contribution < -0.4 is 9.64 Å². The monoisotopic (exact) mass is 448 g/mol. The molecule has 1 aliphatic rings. The van der Waals surface area contributed by atoms with E-state index >= 15 is 0 Å². The Hall–Kier alpha value is -2.69. The molecule has 3 heterocycles. The average molecular weight is 449 g/mol. The average Bonchev–Trinajstić information content (AvgIpc) is 3.28. The lowest BCUT2D eigenvalue weighted by Gasteiger charge is -2.35. The summed E-state index contributed by atoms with van der Waals surface area (Å²) in [7, 11) is -2.30. The lowest BCUT2D eigenvalue weighted by atomic mass is 10.3. The predicted molar refractivity (Wildman–Crippen MR) is 113 cm³/mol. The van der Waals surface area contributed by atoms with Crippen molar-refractivity contribution in [3.63, 3.8) is 0 Å². The van der Waals surface area contributed by atoms with Crippen molar-refractivity contribution in [3.05, 3.63) is 53.6 Å². The van der Waals surface area contributed by atoms with E-state index in [1.807, 2.05) is 30.2 Å². The van der Waals surface area contributed by atoms with E-state index in [4.69, 9.17) is 16.3 Å². The predicted octanol–water partition coefficient (Wildman–Crippen LogP) is 2.14. The number of hydrogen-bond acceptors (Lipinski definition) is 7. The SMILES string of the molecule is COc1ccc(Cl)cc1S(=O)(=O)N1CCN(c2cc(-n3cccn3)nc(C)n2)CC1. The number of piperazine rings is 1. The van der Waals surface area contributed by atoms with Gasteiger partial charge in [-0.05, 0) is 31.2 Å². The smallest absolute Gasteiger partial charge is 0.246 e. The van der Waals surface area contributed by atoms with Gasteiger partial charge in [0.25, 0.3) is 0 Å². The highest BCUT2D eigenvalue weighted by Crippen LogP contribution is 2.30. The number of benzene rings is 1. The van der Waals surface area contributed by atoms with Crippen molar-refractivity contribution in [2.75, 3.05) is 38.2 Å². The zero-order valence-electron chi connectivity index (χ0n) is 16.6. The van der Waals surface area contributed by atoms with Crippen molar-refractivity contribution in [1.82, 2.24) is 24.1 Å². The molecule has 1 aliphatic heterocycles. The number of aromatic nitrogens is 4. The highest BCUT2D eigenvalue weighted by atomic mass is 35.5. The van der Waals surface area contributed by atoms with Gasteiger partial charge in [-0.2, -0.15) is 9.40 Å². The van der Waals surface area contributed by atoms with Crippen LogP contribution in [0.1, 0.15) is 5.82 Å². The Morgan fingerprint density at radius 2 is 1.80 bits per heavy atom. The van der Waals surface area contributed by atoms with Crippen LogP contribution in [0.5, 0.6) is 5.75 Å². The van der Waals surface area contributed by atoms with Gasteiger partial charge in [0, 0.05) is 49.7 Å². The van der Waals surface area contributed by atoms with Gasteiger partial charge in [0.1, 0.15) is 22.3 Å². The normalized spacial score (nSPS) is 15.4. The maximum absolute atomic E-state index is 13.2. The quantitative estimate of drug-likeness (QED) is 0.590. The first-order valence-corrected chi connectivity index (χ1v) is 11.1. The second-order valence-corrected chi connectivity index (χ2v) is 9.11. The van der Waals surface area contributed by atoms with Crippen LogP contribution in [0, 0.1) is 6.92 Å². The summed E-state index contributed by atoms with van der Waals surface area (Å²) in [6, 6.07) is 8.26. The van der Waals surface area contributed by atoms with Crippen molar-refractivity contribution in [2.45, 2.75) is 11.8 Å². The van der Waals surface area contributed by atoms with Gasteiger partial charge < -0.3 is 9.64 Å². The highest BCUT2D eigenvalue weighted by Gasteiger charge is 2.31. The molecule has 0 radical (unpaired) electrons. The minimum absolute atomic E-state index is 0.0739. The summed E-state index contributed by atoms with van der Waals surface area (Å²) < 4.78 is 34.7. The summed E-state index contributed by atoms with van der Waals surface area (Å²) in [5.74, 6) is 2.31. The Bertz CT molecular complexity index is 1150. The number of halogens is 1. The first-order chi connectivity index (χ1) is 14.4.